The number of rotatable bonds is 7. The molecule has 0 aromatic heterocycles. The summed E-state index contributed by atoms with van der Waals surface area (Å²) in [5.41, 5.74) is 3.90. The predicted molar refractivity (Wildman–Crippen MR) is 131 cm³/mol. The van der Waals surface area contributed by atoms with Crippen LogP contribution in [0.1, 0.15) is 52.4 Å². The molecule has 1 atom stereocenters. The summed E-state index contributed by atoms with van der Waals surface area (Å²) < 4.78 is 0. The molecule has 1 saturated heterocycles. The average molecular weight is 463 g/mol. The quantitative estimate of drug-likeness (QED) is 0.488. The minimum Gasteiger partial charge on any atom is -0.478 e. The first-order valence-corrected chi connectivity index (χ1v) is 11.6. The molecule has 3 aromatic carbocycles. The van der Waals surface area contributed by atoms with Crippen molar-refractivity contribution in [1.82, 2.24) is 5.32 Å². The molecule has 3 aromatic rings. The van der Waals surface area contributed by atoms with Crippen LogP contribution in [-0.2, 0) is 11.2 Å². The van der Waals surface area contributed by atoms with Crippen LogP contribution in [-0.4, -0.2) is 30.1 Å². The highest BCUT2D eigenvalue weighted by atomic mass is 35.5. The predicted octanol–water partition coefficient (Wildman–Crippen LogP) is 5.48. The number of nitrogens with zero attached hydrogens (tertiary/aromatic N) is 1. The molecular weight excluding hydrogens is 436 g/mol. The lowest BCUT2D eigenvalue weighted by atomic mass is 9.95. The lowest BCUT2D eigenvalue weighted by molar-refractivity contribution is -0.120. The fourth-order valence-electron chi connectivity index (χ4n) is 4.36. The fraction of sp³-hybridized carbons (Fsp3) is 0.259. The number of hydrogen-bond acceptors (Lipinski definition) is 3. The molecule has 1 aliphatic rings. The Morgan fingerprint density at radius 2 is 1.61 bits per heavy atom. The number of para-hydroxylation sites is 1. The van der Waals surface area contributed by atoms with E-state index in [9.17, 15) is 9.59 Å². The number of carbonyl (C=O) groups is 2. The van der Waals surface area contributed by atoms with E-state index in [-0.39, 0.29) is 23.9 Å². The molecule has 6 heteroatoms. The lowest BCUT2D eigenvalue weighted by Crippen LogP contribution is -2.34. The van der Waals surface area contributed by atoms with E-state index in [0.717, 1.165) is 48.3 Å². The molecule has 170 valence electrons. The number of carboxylic acids is 1. The molecule has 1 unspecified atom stereocenters. The van der Waals surface area contributed by atoms with E-state index in [0.29, 0.717) is 5.02 Å². The molecule has 33 heavy (non-hydrogen) atoms. The molecule has 0 spiro atoms. The van der Waals surface area contributed by atoms with Gasteiger partial charge in [-0.1, -0.05) is 66.2 Å². The monoisotopic (exact) mass is 462 g/mol. The number of halogens is 1. The summed E-state index contributed by atoms with van der Waals surface area (Å²) >= 11 is 6.70. The molecule has 0 aliphatic carbocycles. The summed E-state index contributed by atoms with van der Waals surface area (Å²) in [7, 11) is 0. The number of nitrogens with one attached hydrogen (secondary N) is 1. The van der Waals surface area contributed by atoms with Gasteiger partial charge in [0.2, 0.25) is 5.91 Å². The minimum atomic E-state index is -0.985. The Morgan fingerprint density at radius 1 is 0.909 bits per heavy atom. The van der Waals surface area contributed by atoms with Crippen LogP contribution < -0.4 is 10.2 Å². The number of carboxylic acid groups (broad SMARTS) is 1. The zero-order valence-electron chi connectivity index (χ0n) is 18.3. The van der Waals surface area contributed by atoms with E-state index in [1.807, 2.05) is 48.5 Å². The highest BCUT2D eigenvalue weighted by molar-refractivity contribution is 6.33. The van der Waals surface area contributed by atoms with E-state index < -0.39 is 5.97 Å². The van der Waals surface area contributed by atoms with Crippen molar-refractivity contribution in [1.29, 1.82) is 0 Å². The second-order valence-corrected chi connectivity index (χ2v) is 8.72. The van der Waals surface area contributed by atoms with Gasteiger partial charge in [-0.3, -0.25) is 4.79 Å². The third-order valence-corrected chi connectivity index (χ3v) is 6.31. The van der Waals surface area contributed by atoms with Gasteiger partial charge in [0.1, 0.15) is 0 Å². The van der Waals surface area contributed by atoms with Gasteiger partial charge >= 0.3 is 5.97 Å². The van der Waals surface area contributed by atoms with E-state index in [1.54, 1.807) is 12.1 Å². The summed E-state index contributed by atoms with van der Waals surface area (Å²) in [6.45, 7) is 1.89. The first kappa shape index (κ1) is 22.9. The topological polar surface area (TPSA) is 69.6 Å². The maximum atomic E-state index is 13.1. The smallest absolute Gasteiger partial charge is 0.335 e. The SMILES string of the molecule is O=C(Cc1ccc(C(=O)O)cc1)NC(c1ccccc1)c1cccc(Cl)c1N1CCCCC1. The van der Waals surface area contributed by atoms with Gasteiger partial charge in [0.25, 0.3) is 0 Å². The Balaban J connectivity index is 1.64. The van der Waals surface area contributed by atoms with Gasteiger partial charge in [0.05, 0.1) is 28.7 Å². The van der Waals surface area contributed by atoms with Gasteiger partial charge in [-0.25, -0.2) is 4.79 Å². The highest BCUT2D eigenvalue weighted by Gasteiger charge is 2.25. The molecule has 4 rings (SSSR count). The van der Waals surface area contributed by atoms with Gasteiger partial charge in [-0.05, 0) is 48.6 Å². The summed E-state index contributed by atoms with van der Waals surface area (Å²) in [5.74, 6) is -1.13. The van der Waals surface area contributed by atoms with Crippen molar-refractivity contribution in [2.75, 3.05) is 18.0 Å². The largest absolute Gasteiger partial charge is 0.478 e. The van der Waals surface area contributed by atoms with Crippen molar-refractivity contribution in [3.8, 4) is 0 Å². The Morgan fingerprint density at radius 3 is 2.27 bits per heavy atom. The van der Waals surface area contributed by atoms with Crippen LogP contribution in [0.15, 0.2) is 72.8 Å². The Labute approximate surface area is 199 Å². The van der Waals surface area contributed by atoms with Crippen LogP contribution in [0.3, 0.4) is 0 Å². The van der Waals surface area contributed by atoms with Gasteiger partial charge in [0.15, 0.2) is 0 Å². The first-order chi connectivity index (χ1) is 16.0. The summed E-state index contributed by atoms with van der Waals surface area (Å²) in [4.78, 5) is 26.5. The third-order valence-electron chi connectivity index (χ3n) is 6.01. The maximum Gasteiger partial charge on any atom is 0.335 e. The van der Waals surface area contributed by atoms with Crippen LogP contribution >= 0.6 is 11.6 Å². The Hall–Kier alpha value is -3.31. The van der Waals surface area contributed by atoms with E-state index in [4.69, 9.17) is 16.7 Å². The first-order valence-electron chi connectivity index (χ1n) is 11.2. The summed E-state index contributed by atoms with van der Waals surface area (Å²) in [5, 5.41) is 13.0. The Kier molecular flexibility index (Phi) is 7.30. The molecular formula is C27H27ClN2O3. The second-order valence-electron chi connectivity index (χ2n) is 8.32. The molecule has 1 aliphatic heterocycles. The average Bonchev–Trinajstić information content (AvgIpc) is 2.84. The number of hydrogen-bond donors (Lipinski definition) is 2. The van der Waals surface area contributed by atoms with Crippen molar-refractivity contribution in [3.63, 3.8) is 0 Å². The van der Waals surface area contributed by atoms with Crippen molar-refractivity contribution in [2.24, 2.45) is 0 Å². The zero-order valence-corrected chi connectivity index (χ0v) is 19.1. The normalized spacial score (nSPS) is 14.5. The summed E-state index contributed by atoms with van der Waals surface area (Å²) in [6.07, 6.45) is 3.62. The van der Waals surface area contributed by atoms with Crippen LogP contribution in [0.5, 0.6) is 0 Å². The Bertz CT molecular complexity index is 1110. The van der Waals surface area contributed by atoms with Gasteiger partial charge < -0.3 is 15.3 Å². The van der Waals surface area contributed by atoms with Gasteiger partial charge in [-0.2, -0.15) is 0 Å². The van der Waals surface area contributed by atoms with E-state index in [1.165, 1.54) is 18.6 Å². The zero-order chi connectivity index (χ0) is 23.2. The van der Waals surface area contributed by atoms with E-state index in [2.05, 4.69) is 10.2 Å². The molecule has 2 N–H and O–H groups in total. The van der Waals surface area contributed by atoms with Gasteiger partial charge in [-0.15, -0.1) is 0 Å². The number of aromatic carboxylic acids is 1. The summed E-state index contributed by atoms with van der Waals surface area (Å²) in [6, 6.07) is 21.8. The standard InChI is InChI=1S/C27H27ClN2O3/c28-23-11-7-10-22(26(23)30-16-5-2-6-17-30)25(20-8-3-1-4-9-20)29-24(31)18-19-12-14-21(15-13-19)27(32)33/h1,3-4,7-15,25H,2,5-6,16-18H2,(H,29,31)(H,32,33). The highest BCUT2D eigenvalue weighted by Crippen LogP contribution is 2.37. The molecule has 0 saturated carbocycles. The van der Waals surface area contributed by atoms with Crippen LogP contribution in [0.4, 0.5) is 5.69 Å². The third kappa shape index (κ3) is 5.55. The molecule has 5 nitrogen and oxygen atoms in total. The molecule has 1 amide bonds. The van der Waals surface area contributed by atoms with Crippen LogP contribution in [0.25, 0.3) is 0 Å². The molecule has 0 bridgehead atoms. The molecule has 0 radical (unpaired) electrons. The fourth-order valence-corrected chi connectivity index (χ4v) is 4.67. The minimum absolute atomic E-state index is 0.142. The molecule has 1 fully saturated rings. The molecule has 1 heterocycles. The number of piperidine rings is 1. The van der Waals surface area contributed by atoms with Crippen molar-refractivity contribution in [3.05, 3.63) is 100 Å². The number of benzene rings is 3. The van der Waals surface area contributed by atoms with Crippen molar-refractivity contribution in [2.45, 2.75) is 31.7 Å². The number of anilines is 1. The number of carbonyl (C=O) groups excluding carboxylic acids is 1. The van der Waals surface area contributed by atoms with Crippen LogP contribution in [0.2, 0.25) is 5.02 Å². The van der Waals surface area contributed by atoms with E-state index >= 15 is 0 Å². The van der Waals surface area contributed by atoms with Gasteiger partial charge in [0, 0.05) is 18.7 Å². The number of amides is 1. The second kappa shape index (κ2) is 10.5. The van der Waals surface area contributed by atoms with Crippen molar-refractivity contribution < 1.29 is 14.7 Å². The van der Waals surface area contributed by atoms with Crippen molar-refractivity contribution >= 4 is 29.2 Å². The lowest BCUT2D eigenvalue weighted by Gasteiger charge is -2.33. The maximum absolute atomic E-state index is 13.1. The van der Waals surface area contributed by atoms with Crippen LogP contribution in [0, 0.1) is 0 Å².